The highest BCUT2D eigenvalue weighted by atomic mass is 16.6. The van der Waals surface area contributed by atoms with E-state index in [0.717, 1.165) is 116 Å². The zero-order chi connectivity index (χ0) is 38.7. The van der Waals surface area contributed by atoms with Gasteiger partial charge in [0.15, 0.2) is 6.10 Å². The highest BCUT2D eigenvalue weighted by Crippen LogP contribution is 2.13. The lowest BCUT2D eigenvalue weighted by molar-refractivity contribution is -0.167. The van der Waals surface area contributed by atoms with Gasteiger partial charge in [-0.3, -0.25) is 14.4 Å². The van der Waals surface area contributed by atoms with Crippen molar-refractivity contribution in [1.29, 1.82) is 0 Å². The van der Waals surface area contributed by atoms with Gasteiger partial charge in [-0.15, -0.1) is 0 Å². The summed E-state index contributed by atoms with van der Waals surface area (Å²) in [6.45, 7) is 6.40. The van der Waals surface area contributed by atoms with Crippen molar-refractivity contribution in [3.8, 4) is 0 Å². The molecule has 0 N–H and O–H groups in total. The first-order valence-electron chi connectivity index (χ1n) is 22.1. The maximum atomic E-state index is 12.7. The predicted octanol–water partition coefficient (Wildman–Crippen LogP) is 14.0. The van der Waals surface area contributed by atoms with Crippen molar-refractivity contribution in [1.82, 2.24) is 0 Å². The fourth-order valence-electron chi connectivity index (χ4n) is 5.98. The summed E-state index contributed by atoms with van der Waals surface area (Å²) < 4.78 is 16.6. The third-order valence-electron chi connectivity index (χ3n) is 9.32. The topological polar surface area (TPSA) is 78.9 Å². The Balaban J connectivity index is 4.28. The summed E-state index contributed by atoms with van der Waals surface area (Å²) in [5.41, 5.74) is 0. The number of carbonyl (C=O) groups is 3. The zero-order valence-electron chi connectivity index (χ0n) is 34.8. The van der Waals surface area contributed by atoms with Crippen molar-refractivity contribution in [3.05, 3.63) is 48.6 Å². The number of hydrogen-bond acceptors (Lipinski definition) is 6. The second-order valence-electron chi connectivity index (χ2n) is 14.6. The maximum absolute atomic E-state index is 12.7. The van der Waals surface area contributed by atoms with Crippen LogP contribution in [0.4, 0.5) is 0 Å². The molecule has 0 aliphatic heterocycles. The molecule has 0 rings (SSSR count). The van der Waals surface area contributed by atoms with Crippen LogP contribution in [-0.4, -0.2) is 37.2 Å². The van der Waals surface area contributed by atoms with Crippen LogP contribution in [-0.2, 0) is 28.6 Å². The molecule has 0 aliphatic carbocycles. The number of rotatable bonds is 39. The molecule has 0 aromatic rings. The fraction of sp³-hybridized carbons (Fsp3) is 0.766. The Labute approximate surface area is 327 Å². The number of carbonyl (C=O) groups excluding carboxylic acids is 3. The summed E-state index contributed by atoms with van der Waals surface area (Å²) in [6, 6.07) is 0. The molecule has 0 aliphatic rings. The average molecular weight is 743 g/mol. The Bertz CT molecular complexity index is 949. The molecular formula is C47H82O6. The van der Waals surface area contributed by atoms with Gasteiger partial charge in [-0.1, -0.05) is 166 Å². The monoisotopic (exact) mass is 743 g/mol. The summed E-state index contributed by atoms with van der Waals surface area (Å²) in [5.74, 6) is -0.925. The molecule has 1 unspecified atom stereocenters. The second kappa shape index (κ2) is 42.1. The summed E-state index contributed by atoms with van der Waals surface area (Å²) in [6.07, 6.45) is 48.3. The van der Waals surface area contributed by atoms with Crippen molar-refractivity contribution in [3.63, 3.8) is 0 Å². The number of allylic oxidation sites excluding steroid dienone is 8. The van der Waals surface area contributed by atoms with Gasteiger partial charge in [0.1, 0.15) is 13.2 Å². The molecule has 0 saturated heterocycles. The van der Waals surface area contributed by atoms with E-state index >= 15 is 0 Å². The molecule has 306 valence electrons. The third kappa shape index (κ3) is 40.4. The highest BCUT2D eigenvalue weighted by Gasteiger charge is 2.19. The molecule has 6 heteroatoms. The lowest BCUT2D eigenvalue weighted by Crippen LogP contribution is -2.30. The molecule has 0 aromatic carbocycles. The summed E-state index contributed by atoms with van der Waals surface area (Å²) in [4.78, 5) is 37.4. The Morgan fingerprint density at radius 2 is 0.736 bits per heavy atom. The van der Waals surface area contributed by atoms with E-state index in [-0.39, 0.29) is 31.1 Å². The van der Waals surface area contributed by atoms with Gasteiger partial charge in [-0.05, 0) is 77.0 Å². The molecule has 53 heavy (non-hydrogen) atoms. The molecular weight excluding hydrogens is 661 g/mol. The van der Waals surface area contributed by atoms with Gasteiger partial charge in [0.25, 0.3) is 0 Å². The molecule has 0 radical (unpaired) electrons. The SMILES string of the molecule is CC/C=C\C/C=C\C/C=C\CCCCCCCC(=O)OCC(COC(=O)CCCCCCC)OC(=O)CCCCCCC/C=C\CCCCCCCC. The van der Waals surface area contributed by atoms with E-state index in [0.29, 0.717) is 19.3 Å². The largest absolute Gasteiger partial charge is 0.462 e. The molecule has 1 atom stereocenters. The van der Waals surface area contributed by atoms with Crippen molar-refractivity contribution < 1.29 is 28.6 Å². The van der Waals surface area contributed by atoms with E-state index in [1.807, 2.05) is 0 Å². The van der Waals surface area contributed by atoms with E-state index in [4.69, 9.17) is 14.2 Å². The third-order valence-corrected chi connectivity index (χ3v) is 9.32. The Morgan fingerprint density at radius 1 is 0.396 bits per heavy atom. The zero-order valence-corrected chi connectivity index (χ0v) is 34.8. The van der Waals surface area contributed by atoms with Crippen LogP contribution < -0.4 is 0 Å². The van der Waals surface area contributed by atoms with E-state index in [1.54, 1.807) is 0 Å². The quantitative estimate of drug-likeness (QED) is 0.0270. The molecule has 0 bridgehead atoms. The van der Waals surface area contributed by atoms with E-state index in [9.17, 15) is 14.4 Å². The maximum Gasteiger partial charge on any atom is 0.306 e. The standard InChI is InChI=1S/C47H82O6/c1-4-7-10-13-15-17-19-21-23-25-27-29-31-34-37-40-46(49)52-43-44(42-51-45(48)39-36-33-12-9-6-3)53-47(50)41-38-35-32-30-28-26-24-22-20-18-16-14-11-8-5-2/h7,10,15,17,21-24,44H,4-6,8-9,11-14,16,18-20,25-43H2,1-3H3/b10-7-,17-15-,23-21-,24-22-. The fourth-order valence-corrected chi connectivity index (χ4v) is 5.98. The van der Waals surface area contributed by atoms with Crippen LogP contribution in [0.25, 0.3) is 0 Å². The van der Waals surface area contributed by atoms with Crippen molar-refractivity contribution >= 4 is 17.9 Å². The van der Waals surface area contributed by atoms with Gasteiger partial charge in [0.2, 0.25) is 0 Å². The van der Waals surface area contributed by atoms with Gasteiger partial charge in [-0.2, -0.15) is 0 Å². The number of hydrogen-bond donors (Lipinski definition) is 0. The molecule has 0 amide bonds. The Morgan fingerprint density at radius 3 is 1.17 bits per heavy atom. The first kappa shape index (κ1) is 50.4. The summed E-state index contributed by atoms with van der Waals surface area (Å²) in [5, 5.41) is 0. The van der Waals surface area contributed by atoms with E-state index < -0.39 is 6.10 Å². The average Bonchev–Trinajstić information content (AvgIpc) is 3.15. The molecule has 0 saturated carbocycles. The van der Waals surface area contributed by atoms with Gasteiger partial charge >= 0.3 is 17.9 Å². The molecule has 0 fully saturated rings. The van der Waals surface area contributed by atoms with E-state index in [1.165, 1.54) is 57.8 Å². The van der Waals surface area contributed by atoms with Crippen LogP contribution in [0, 0.1) is 0 Å². The smallest absolute Gasteiger partial charge is 0.306 e. The summed E-state index contributed by atoms with van der Waals surface area (Å²) >= 11 is 0. The first-order valence-corrected chi connectivity index (χ1v) is 22.1. The normalized spacial score (nSPS) is 12.4. The lowest BCUT2D eigenvalue weighted by atomic mass is 10.1. The number of unbranched alkanes of at least 4 members (excludes halogenated alkanes) is 20. The molecule has 6 nitrogen and oxygen atoms in total. The minimum Gasteiger partial charge on any atom is -0.462 e. The molecule has 0 spiro atoms. The van der Waals surface area contributed by atoms with Crippen LogP contribution in [0.2, 0.25) is 0 Å². The van der Waals surface area contributed by atoms with Crippen LogP contribution in [0.1, 0.15) is 213 Å². The lowest BCUT2D eigenvalue weighted by Gasteiger charge is -2.18. The highest BCUT2D eigenvalue weighted by molar-refractivity contribution is 5.71. The van der Waals surface area contributed by atoms with Crippen LogP contribution in [0.5, 0.6) is 0 Å². The number of ether oxygens (including phenoxy) is 3. The van der Waals surface area contributed by atoms with E-state index in [2.05, 4.69) is 69.4 Å². The van der Waals surface area contributed by atoms with Crippen molar-refractivity contribution in [2.24, 2.45) is 0 Å². The minimum absolute atomic E-state index is 0.0831. The van der Waals surface area contributed by atoms with Crippen LogP contribution in [0.3, 0.4) is 0 Å². The van der Waals surface area contributed by atoms with Crippen molar-refractivity contribution in [2.75, 3.05) is 13.2 Å². The van der Waals surface area contributed by atoms with Gasteiger partial charge < -0.3 is 14.2 Å². The van der Waals surface area contributed by atoms with Gasteiger partial charge in [-0.25, -0.2) is 0 Å². The molecule has 0 aromatic heterocycles. The minimum atomic E-state index is -0.778. The molecule has 0 heterocycles. The second-order valence-corrected chi connectivity index (χ2v) is 14.6. The predicted molar refractivity (Wildman–Crippen MR) is 224 cm³/mol. The first-order chi connectivity index (χ1) is 26.0. The Kier molecular flexibility index (Phi) is 40.0. The number of esters is 3. The van der Waals surface area contributed by atoms with Crippen molar-refractivity contribution in [2.45, 2.75) is 219 Å². The van der Waals surface area contributed by atoms with Gasteiger partial charge in [0, 0.05) is 19.3 Å². The Hall–Kier alpha value is -2.63. The van der Waals surface area contributed by atoms with Crippen LogP contribution in [0.15, 0.2) is 48.6 Å². The summed E-state index contributed by atoms with van der Waals surface area (Å²) in [7, 11) is 0. The van der Waals surface area contributed by atoms with Gasteiger partial charge in [0.05, 0.1) is 0 Å². The van der Waals surface area contributed by atoms with Crippen LogP contribution >= 0.6 is 0 Å².